The number of piperidine rings is 1. The van der Waals surface area contributed by atoms with Gasteiger partial charge in [-0.3, -0.25) is 9.59 Å². The van der Waals surface area contributed by atoms with Gasteiger partial charge in [0, 0.05) is 35.5 Å². The molecule has 0 aromatic heterocycles. The molecule has 1 aliphatic heterocycles. The largest absolute Gasteiger partial charge is 0.481 e. The van der Waals surface area contributed by atoms with E-state index in [1.807, 2.05) is 0 Å². The number of Topliss-reactive ketones (excluding diaryl/α,β-unsaturated/α-hetero) is 1. The van der Waals surface area contributed by atoms with Crippen LogP contribution in [0.4, 0.5) is 4.39 Å². The molecular formula is C33H36ClFN2O5S. The summed E-state index contributed by atoms with van der Waals surface area (Å²) >= 11 is 5.93. The molecule has 5 rings (SSSR count). The molecule has 7 nitrogen and oxygen atoms in total. The van der Waals surface area contributed by atoms with Crippen molar-refractivity contribution < 1.29 is 27.5 Å². The zero-order valence-corrected chi connectivity index (χ0v) is 25.5. The van der Waals surface area contributed by atoms with Gasteiger partial charge in [0.05, 0.1) is 4.90 Å². The highest BCUT2D eigenvalue weighted by atomic mass is 35.5. The van der Waals surface area contributed by atoms with Gasteiger partial charge in [-0.15, -0.1) is 0 Å². The second-order valence-corrected chi connectivity index (χ2v) is 13.7. The molecule has 3 aromatic carbocycles. The van der Waals surface area contributed by atoms with Gasteiger partial charge in [0.1, 0.15) is 5.82 Å². The summed E-state index contributed by atoms with van der Waals surface area (Å²) < 4.78 is 42.1. The molecule has 1 saturated heterocycles. The molecule has 1 aliphatic carbocycles. The van der Waals surface area contributed by atoms with Crippen molar-refractivity contribution >= 4 is 33.4 Å². The molecule has 43 heavy (non-hydrogen) atoms. The third kappa shape index (κ3) is 8.09. The number of sulfonamides is 1. The number of hydrogen-bond acceptors (Lipinski definition) is 5. The fourth-order valence-electron chi connectivity index (χ4n) is 6.23. The lowest BCUT2D eigenvalue weighted by molar-refractivity contribution is -0.136. The van der Waals surface area contributed by atoms with Gasteiger partial charge in [0.2, 0.25) is 10.0 Å². The summed E-state index contributed by atoms with van der Waals surface area (Å²) in [5.41, 5.74) is 4.88. The second-order valence-electron chi connectivity index (χ2n) is 11.5. The molecule has 3 aromatic rings. The number of carbonyl (C=O) groups is 2. The van der Waals surface area contributed by atoms with Gasteiger partial charge >= 0.3 is 5.97 Å². The van der Waals surface area contributed by atoms with Crippen LogP contribution in [-0.4, -0.2) is 55.9 Å². The first-order chi connectivity index (χ1) is 20.6. The van der Waals surface area contributed by atoms with E-state index in [1.165, 1.54) is 24.3 Å². The van der Waals surface area contributed by atoms with Crippen LogP contribution in [0.1, 0.15) is 58.3 Å². The standard InChI is InChI=1S/C33H36ClFN2O5S/c34-27-4-9-30(10-5-27)43(41,42)36-29-8-11-31-25(3-12-32(38)39)19-22(20-26(31)21-29)13-16-37-17-14-24(15-18-37)33(40)23-1-6-28(35)7-2-23/h1-2,4-7,9-10,19-20,24,29,36H,3,8,11-18,21H2,(H,38,39). The van der Waals surface area contributed by atoms with Crippen molar-refractivity contribution in [3.63, 3.8) is 0 Å². The fourth-order valence-corrected chi connectivity index (χ4v) is 7.62. The molecule has 1 heterocycles. The molecule has 0 bridgehead atoms. The first kappa shape index (κ1) is 31.3. The van der Waals surface area contributed by atoms with Crippen molar-refractivity contribution in [1.29, 1.82) is 0 Å². The molecule has 0 saturated carbocycles. The predicted molar refractivity (Wildman–Crippen MR) is 164 cm³/mol. The quantitative estimate of drug-likeness (QED) is 0.274. The maximum absolute atomic E-state index is 13.2. The van der Waals surface area contributed by atoms with Crippen LogP contribution in [0, 0.1) is 11.7 Å². The Kier molecular flexibility index (Phi) is 9.96. The zero-order chi connectivity index (χ0) is 30.6. The highest BCUT2D eigenvalue weighted by Gasteiger charge is 2.28. The number of halogens is 2. The number of likely N-dealkylation sites (tertiary alicyclic amines) is 1. The minimum Gasteiger partial charge on any atom is -0.481 e. The van der Waals surface area contributed by atoms with Gasteiger partial charge < -0.3 is 10.0 Å². The number of aliphatic carboxylic acids is 1. The number of hydrogen-bond donors (Lipinski definition) is 2. The summed E-state index contributed by atoms with van der Waals surface area (Å²) in [7, 11) is -3.71. The average molecular weight is 627 g/mol. The molecule has 0 spiro atoms. The molecular weight excluding hydrogens is 591 g/mol. The Morgan fingerprint density at radius 1 is 0.977 bits per heavy atom. The number of fused-ring (bicyclic) bond motifs is 1. The van der Waals surface area contributed by atoms with E-state index in [1.54, 1.807) is 24.3 Å². The van der Waals surface area contributed by atoms with Crippen LogP contribution in [0.25, 0.3) is 0 Å². The molecule has 1 atom stereocenters. The lowest BCUT2D eigenvalue weighted by Crippen LogP contribution is -2.39. The number of carbonyl (C=O) groups excluding carboxylic acids is 1. The van der Waals surface area contributed by atoms with Crippen LogP contribution in [0.5, 0.6) is 0 Å². The Morgan fingerprint density at radius 3 is 2.35 bits per heavy atom. The Balaban J connectivity index is 1.23. The van der Waals surface area contributed by atoms with Crippen LogP contribution >= 0.6 is 11.6 Å². The molecule has 2 N–H and O–H groups in total. The Morgan fingerprint density at radius 2 is 1.67 bits per heavy atom. The van der Waals surface area contributed by atoms with Crippen LogP contribution < -0.4 is 4.72 Å². The van der Waals surface area contributed by atoms with E-state index >= 15 is 0 Å². The van der Waals surface area contributed by atoms with Crippen LogP contribution in [-0.2, 0) is 40.5 Å². The molecule has 0 amide bonds. The maximum atomic E-state index is 13.2. The Hall–Kier alpha value is -3.11. The SMILES string of the molecule is O=C(O)CCc1cc(CCN2CCC(C(=O)c3ccc(F)cc3)CC2)cc2c1CCC(NS(=O)(=O)c1ccc(Cl)cc1)C2. The molecule has 10 heteroatoms. The number of carboxylic acids is 1. The van der Waals surface area contributed by atoms with Gasteiger partial charge in [-0.25, -0.2) is 17.5 Å². The molecule has 1 unspecified atom stereocenters. The summed E-state index contributed by atoms with van der Waals surface area (Å²) in [6.07, 6.45) is 4.58. The van der Waals surface area contributed by atoms with E-state index in [0.717, 1.165) is 61.2 Å². The second kappa shape index (κ2) is 13.7. The first-order valence-electron chi connectivity index (χ1n) is 14.7. The predicted octanol–water partition coefficient (Wildman–Crippen LogP) is 5.47. The zero-order valence-electron chi connectivity index (χ0n) is 23.9. The van der Waals surface area contributed by atoms with Crippen molar-refractivity contribution in [2.24, 2.45) is 5.92 Å². The lowest BCUT2D eigenvalue weighted by Gasteiger charge is -2.32. The summed E-state index contributed by atoms with van der Waals surface area (Å²) in [5, 5.41) is 9.80. The average Bonchev–Trinajstić information content (AvgIpc) is 2.99. The van der Waals surface area contributed by atoms with Gasteiger partial charge in [-0.05, 0) is 129 Å². The van der Waals surface area contributed by atoms with E-state index in [0.29, 0.717) is 36.3 Å². The summed E-state index contributed by atoms with van der Waals surface area (Å²) in [5.74, 6) is -1.20. The Bertz CT molecular complexity index is 1570. The van der Waals surface area contributed by atoms with Crippen molar-refractivity contribution in [2.45, 2.75) is 62.3 Å². The minimum absolute atomic E-state index is 0.0398. The number of carboxylic acid groups (broad SMARTS) is 1. The number of nitrogens with zero attached hydrogens (tertiary/aromatic N) is 1. The molecule has 228 valence electrons. The normalized spacial score (nSPS) is 17.9. The van der Waals surface area contributed by atoms with E-state index in [2.05, 4.69) is 21.8 Å². The van der Waals surface area contributed by atoms with Gasteiger partial charge in [-0.1, -0.05) is 23.7 Å². The van der Waals surface area contributed by atoms with Crippen molar-refractivity contribution in [3.8, 4) is 0 Å². The van der Waals surface area contributed by atoms with Gasteiger partial charge in [0.25, 0.3) is 0 Å². The number of aryl methyl sites for hydroxylation is 1. The van der Waals surface area contributed by atoms with Crippen molar-refractivity contribution in [1.82, 2.24) is 9.62 Å². The summed E-state index contributed by atoms with van der Waals surface area (Å²) in [4.78, 5) is 26.7. The topological polar surface area (TPSA) is 104 Å². The first-order valence-corrected chi connectivity index (χ1v) is 16.6. The fraction of sp³-hybridized carbons (Fsp3) is 0.394. The Labute approximate surface area is 257 Å². The van der Waals surface area contributed by atoms with E-state index in [9.17, 15) is 27.5 Å². The number of nitrogens with one attached hydrogen (secondary N) is 1. The van der Waals surface area contributed by atoms with E-state index in [4.69, 9.17) is 11.6 Å². The van der Waals surface area contributed by atoms with Crippen LogP contribution in [0.2, 0.25) is 5.02 Å². The van der Waals surface area contributed by atoms with Crippen molar-refractivity contribution in [2.75, 3.05) is 19.6 Å². The number of benzene rings is 3. The van der Waals surface area contributed by atoms with E-state index < -0.39 is 16.0 Å². The monoisotopic (exact) mass is 626 g/mol. The van der Waals surface area contributed by atoms with Crippen LogP contribution in [0.3, 0.4) is 0 Å². The molecule has 0 radical (unpaired) electrons. The van der Waals surface area contributed by atoms with Crippen LogP contribution in [0.15, 0.2) is 65.6 Å². The lowest BCUT2D eigenvalue weighted by atomic mass is 9.83. The highest BCUT2D eigenvalue weighted by molar-refractivity contribution is 7.89. The smallest absolute Gasteiger partial charge is 0.303 e. The minimum atomic E-state index is -3.71. The third-order valence-electron chi connectivity index (χ3n) is 8.56. The van der Waals surface area contributed by atoms with Gasteiger partial charge in [0.15, 0.2) is 5.78 Å². The summed E-state index contributed by atoms with van der Waals surface area (Å²) in [6, 6.07) is 15.8. The van der Waals surface area contributed by atoms with Crippen molar-refractivity contribution in [3.05, 3.63) is 99.3 Å². The highest BCUT2D eigenvalue weighted by Crippen LogP contribution is 2.29. The number of rotatable bonds is 11. The maximum Gasteiger partial charge on any atom is 0.303 e. The molecule has 2 aliphatic rings. The van der Waals surface area contributed by atoms with Gasteiger partial charge in [-0.2, -0.15) is 0 Å². The third-order valence-corrected chi connectivity index (χ3v) is 10.3. The summed E-state index contributed by atoms with van der Waals surface area (Å²) in [6.45, 7) is 2.40. The molecule has 1 fully saturated rings. The van der Waals surface area contributed by atoms with E-state index in [-0.39, 0.29) is 34.9 Å². The number of ketones is 1.